The number of thioether (sulfide) groups is 1. The van der Waals surface area contributed by atoms with Gasteiger partial charge in [-0.25, -0.2) is 4.98 Å². The molecule has 0 unspecified atom stereocenters. The van der Waals surface area contributed by atoms with Crippen molar-refractivity contribution in [1.82, 2.24) is 9.97 Å². The molecule has 0 aliphatic carbocycles. The lowest BCUT2D eigenvalue weighted by Crippen LogP contribution is -2.22. The molecule has 0 saturated carbocycles. The summed E-state index contributed by atoms with van der Waals surface area (Å²) in [5.74, 6) is 0.190. The first-order chi connectivity index (χ1) is 11.7. The molecule has 0 aliphatic heterocycles. The lowest BCUT2D eigenvalue weighted by atomic mass is 10.0. The fourth-order valence-electron chi connectivity index (χ4n) is 2.48. The summed E-state index contributed by atoms with van der Waals surface area (Å²) in [6.07, 6.45) is 0. The Hall–Kier alpha value is -2.58. The van der Waals surface area contributed by atoms with Crippen molar-refractivity contribution in [2.45, 2.75) is 23.8 Å². The van der Waals surface area contributed by atoms with E-state index in [4.69, 9.17) is 0 Å². The summed E-state index contributed by atoms with van der Waals surface area (Å²) >= 11 is 1.54. The molecule has 0 saturated heterocycles. The third-order valence-corrected chi connectivity index (χ3v) is 5.07. The molecular weight excluding hydrogens is 318 g/mol. The zero-order chi connectivity index (χ0) is 16.9. The van der Waals surface area contributed by atoms with Gasteiger partial charge in [0, 0.05) is 5.75 Å². The molecular formula is C19H17N3OS. The van der Waals surface area contributed by atoms with E-state index in [9.17, 15) is 10.1 Å². The van der Waals surface area contributed by atoms with Crippen LogP contribution < -0.4 is 0 Å². The molecule has 1 N–H and O–H groups in total. The summed E-state index contributed by atoms with van der Waals surface area (Å²) in [6, 6.07) is 19.6. The van der Waals surface area contributed by atoms with Gasteiger partial charge in [0.15, 0.2) is 11.7 Å². The van der Waals surface area contributed by atoms with Crippen LogP contribution in [0.25, 0.3) is 11.0 Å². The van der Waals surface area contributed by atoms with Crippen LogP contribution in [-0.4, -0.2) is 21.0 Å². The third-order valence-electron chi connectivity index (χ3n) is 3.84. The number of ketones is 1. The number of carbonyl (C=O) groups excluding carboxylic acids is 1. The Morgan fingerprint density at radius 2 is 1.92 bits per heavy atom. The van der Waals surface area contributed by atoms with Gasteiger partial charge in [-0.1, -0.05) is 42.5 Å². The molecule has 0 bridgehead atoms. The first-order valence-electron chi connectivity index (χ1n) is 7.72. The van der Waals surface area contributed by atoms with Crippen LogP contribution >= 0.6 is 11.8 Å². The Bertz CT molecular complexity index is 849. The maximum Gasteiger partial charge on any atom is 0.170 e. The first-order valence-corrected chi connectivity index (χ1v) is 8.77. The predicted molar refractivity (Wildman–Crippen MR) is 96.7 cm³/mol. The molecule has 3 aromatic rings. The van der Waals surface area contributed by atoms with Gasteiger partial charge < -0.3 is 4.98 Å². The average molecular weight is 335 g/mol. The quantitative estimate of drug-likeness (QED) is 0.737. The molecule has 0 amide bonds. The average Bonchev–Trinajstić information content (AvgIpc) is 3.04. The number of hydrogen-bond acceptors (Lipinski definition) is 4. The number of nitriles is 1. The highest BCUT2D eigenvalue weighted by Crippen LogP contribution is 2.25. The van der Waals surface area contributed by atoms with Crippen molar-refractivity contribution in [3.8, 4) is 6.07 Å². The molecule has 1 heterocycles. The van der Waals surface area contributed by atoms with Crippen LogP contribution in [0.15, 0.2) is 54.6 Å². The summed E-state index contributed by atoms with van der Waals surface area (Å²) in [5.41, 5.74) is 2.77. The zero-order valence-electron chi connectivity index (χ0n) is 13.3. The number of imidazole rings is 1. The number of nitrogens with one attached hydrogen (secondary N) is 1. The highest BCUT2D eigenvalue weighted by Gasteiger charge is 2.28. The molecule has 5 heteroatoms. The van der Waals surface area contributed by atoms with E-state index in [1.807, 2.05) is 61.5 Å². The van der Waals surface area contributed by atoms with Gasteiger partial charge in [-0.2, -0.15) is 5.26 Å². The molecule has 2 aromatic carbocycles. The summed E-state index contributed by atoms with van der Waals surface area (Å²) in [7, 11) is 0. The molecule has 2 atom stereocenters. The van der Waals surface area contributed by atoms with Gasteiger partial charge >= 0.3 is 0 Å². The topological polar surface area (TPSA) is 69.5 Å². The number of Topliss-reactive ketones (excluding diaryl/α,β-unsaturated/α-hetero) is 1. The Kier molecular flexibility index (Phi) is 4.97. The van der Waals surface area contributed by atoms with Gasteiger partial charge in [0.05, 0.1) is 22.4 Å². The molecule has 3 rings (SSSR count). The first kappa shape index (κ1) is 16.3. The van der Waals surface area contributed by atoms with Crippen LogP contribution in [0.4, 0.5) is 0 Å². The van der Waals surface area contributed by atoms with Crippen LogP contribution in [0, 0.1) is 11.3 Å². The maximum absolute atomic E-state index is 12.7. The number of para-hydroxylation sites is 2. The largest absolute Gasteiger partial charge is 0.340 e. The predicted octanol–water partition coefficient (Wildman–Crippen LogP) is 4.06. The van der Waals surface area contributed by atoms with E-state index in [-0.39, 0.29) is 11.0 Å². The van der Waals surface area contributed by atoms with Crippen molar-refractivity contribution >= 4 is 28.6 Å². The lowest BCUT2D eigenvalue weighted by Gasteiger charge is -2.13. The van der Waals surface area contributed by atoms with Crippen LogP contribution in [0.3, 0.4) is 0 Å². The maximum atomic E-state index is 12.7. The Labute approximate surface area is 144 Å². The van der Waals surface area contributed by atoms with E-state index in [0.717, 1.165) is 16.8 Å². The van der Waals surface area contributed by atoms with Crippen molar-refractivity contribution in [1.29, 1.82) is 5.26 Å². The third kappa shape index (κ3) is 3.50. The van der Waals surface area contributed by atoms with Gasteiger partial charge in [-0.15, -0.1) is 11.8 Å². The molecule has 24 heavy (non-hydrogen) atoms. The van der Waals surface area contributed by atoms with Crippen molar-refractivity contribution in [3.05, 3.63) is 66.0 Å². The van der Waals surface area contributed by atoms with Crippen molar-refractivity contribution < 1.29 is 4.79 Å². The fraction of sp³-hybridized carbons (Fsp3) is 0.211. The number of rotatable bonds is 6. The summed E-state index contributed by atoms with van der Waals surface area (Å²) in [4.78, 5) is 20.2. The number of hydrogen-bond donors (Lipinski definition) is 1. The second-order valence-corrected chi connectivity index (χ2v) is 6.87. The smallest absolute Gasteiger partial charge is 0.170 e. The number of aromatic nitrogens is 2. The Morgan fingerprint density at radius 1 is 1.21 bits per heavy atom. The van der Waals surface area contributed by atoms with Crippen LogP contribution in [-0.2, 0) is 10.5 Å². The Balaban J connectivity index is 1.72. The van der Waals surface area contributed by atoms with Gasteiger partial charge in [-0.05, 0) is 24.6 Å². The molecule has 0 aliphatic rings. The minimum Gasteiger partial charge on any atom is -0.340 e. The molecule has 4 nitrogen and oxygen atoms in total. The fourth-order valence-corrected chi connectivity index (χ4v) is 3.42. The SMILES string of the molecule is C[C@@H](SCc1ccccc1)C(=O)[C@H](C#N)c1nc2ccccc2[nH]1. The van der Waals surface area contributed by atoms with E-state index in [1.54, 1.807) is 11.8 Å². The highest BCUT2D eigenvalue weighted by atomic mass is 32.2. The van der Waals surface area contributed by atoms with E-state index >= 15 is 0 Å². The number of H-pyrrole nitrogens is 1. The van der Waals surface area contributed by atoms with Crippen LogP contribution in [0.2, 0.25) is 0 Å². The highest BCUT2D eigenvalue weighted by molar-refractivity contribution is 7.99. The molecule has 120 valence electrons. The summed E-state index contributed by atoms with van der Waals surface area (Å²) in [6.45, 7) is 1.85. The second-order valence-electron chi connectivity index (χ2n) is 5.54. The summed E-state index contributed by atoms with van der Waals surface area (Å²) < 4.78 is 0. The van der Waals surface area contributed by atoms with Crippen molar-refractivity contribution in [3.63, 3.8) is 0 Å². The number of aromatic amines is 1. The number of benzene rings is 2. The van der Waals surface area contributed by atoms with Crippen LogP contribution in [0.5, 0.6) is 0 Å². The number of carbonyl (C=O) groups is 1. The van der Waals surface area contributed by atoms with Crippen molar-refractivity contribution in [2.75, 3.05) is 0 Å². The number of fused-ring (bicyclic) bond motifs is 1. The van der Waals surface area contributed by atoms with Gasteiger partial charge in [-0.3, -0.25) is 4.79 Å². The standard InChI is InChI=1S/C19H17N3OS/c1-13(24-12-14-7-3-2-4-8-14)18(23)15(11-20)19-21-16-9-5-6-10-17(16)22-19/h2-10,13,15H,12H2,1H3,(H,21,22)/t13-,15+/m1/s1. The van der Waals surface area contributed by atoms with E-state index in [2.05, 4.69) is 16.0 Å². The minimum absolute atomic E-state index is 0.113. The van der Waals surface area contributed by atoms with Crippen LogP contribution in [0.1, 0.15) is 24.2 Å². The van der Waals surface area contributed by atoms with Gasteiger partial charge in [0.1, 0.15) is 5.82 Å². The van der Waals surface area contributed by atoms with E-state index < -0.39 is 5.92 Å². The molecule has 1 aromatic heterocycles. The van der Waals surface area contributed by atoms with E-state index in [1.165, 1.54) is 5.56 Å². The number of nitrogens with zero attached hydrogens (tertiary/aromatic N) is 2. The lowest BCUT2D eigenvalue weighted by molar-refractivity contribution is -0.118. The normalized spacial score (nSPS) is 13.3. The molecule has 0 spiro atoms. The molecule has 0 fully saturated rings. The van der Waals surface area contributed by atoms with Gasteiger partial charge in [0.25, 0.3) is 0 Å². The van der Waals surface area contributed by atoms with Crippen molar-refractivity contribution in [2.24, 2.45) is 0 Å². The van der Waals surface area contributed by atoms with Gasteiger partial charge in [0.2, 0.25) is 0 Å². The zero-order valence-corrected chi connectivity index (χ0v) is 14.1. The van der Waals surface area contributed by atoms with E-state index in [0.29, 0.717) is 5.82 Å². The Morgan fingerprint density at radius 3 is 2.62 bits per heavy atom. The minimum atomic E-state index is -0.865. The molecule has 0 radical (unpaired) electrons. The monoisotopic (exact) mass is 335 g/mol. The second kappa shape index (κ2) is 7.33. The summed E-state index contributed by atoms with van der Waals surface area (Å²) in [5, 5.41) is 9.19.